The molecular formula is C10H19N. The molecule has 11 heavy (non-hydrogen) atoms. The van der Waals surface area contributed by atoms with Crippen molar-refractivity contribution in [1.29, 1.82) is 0 Å². The van der Waals surface area contributed by atoms with E-state index in [1.54, 1.807) is 0 Å². The van der Waals surface area contributed by atoms with Crippen LogP contribution in [0.1, 0.15) is 39.5 Å². The number of rotatable bonds is 5. The Kier molecular flexibility index (Phi) is 5.97. The third kappa shape index (κ3) is 4.86. The van der Waals surface area contributed by atoms with Crippen molar-refractivity contribution in [3.8, 4) is 12.3 Å². The van der Waals surface area contributed by atoms with Gasteiger partial charge in [-0.2, -0.15) is 0 Å². The monoisotopic (exact) mass is 153 g/mol. The average molecular weight is 153 g/mol. The van der Waals surface area contributed by atoms with Crippen molar-refractivity contribution in [2.45, 2.75) is 45.6 Å². The van der Waals surface area contributed by atoms with E-state index in [0.29, 0.717) is 12.0 Å². The maximum absolute atomic E-state index is 5.89. The molecule has 0 spiro atoms. The molecular weight excluding hydrogens is 134 g/mol. The molecule has 0 aromatic carbocycles. The van der Waals surface area contributed by atoms with Crippen LogP contribution >= 0.6 is 0 Å². The lowest BCUT2D eigenvalue weighted by Gasteiger charge is -2.17. The Morgan fingerprint density at radius 3 is 2.55 bits per heavy atom. The minimum absolute atomic E-state index is 0.297. The number of hydrogen-bond acceptors (Lipinski definition) is 1. The van der Waals surface area contributed by atoms with E-state index in [1.165, 1.54) is 12.8 Å². The molecule has 0 saturated heterocycles. The fourth-order valence-corrected chi connectivity index (χ4v) is 1.20. The summed E-state index contributed by atoms with van der Waals surface area (Å²) < 4.78 is 0. The van der Waals surface area contributed by atoms with E-state index in [2.05, 4.69) is 19.8 Å². The van der Waals surface area contributed by atoms with Crippen molar-refractivity contribution in [2.24, 2.45) is 11.7 Å². The summed E-state index contributed by atoms with van der Waals surface area (Å²) in [4.78, 5) is 0. The average Bonchev–Trinajstić information content (AvgIpc) is 2.00. The van der Waals surface area contributed by atoms with Crippen LogP contribution in [-0.4, -0.2) is 6.04 Å². The minimum atomic E-state index is 0.297. The lowest BCUT2D eigenvalue weighted by Crippen LogP contribution is -2.27. The molecule has 0 amide bonds. The fraction of sp³-hybridized carbons (Fsp3) is 0.800. The summed E-state index contributed by atoms with van der Waals surface area (Å²) in [6.07, 6.45) is 9.36. The molecule has 0 bridgehead atoms. The van der Waals surface area contributed by atoms with Crippen LogP contribution in [0.2, 0.25) is 0 Å². The van der Waals surface area contributed by atoms with Crippen LogP contribution in [0.4, 0.5) is 0 Å². The molecule has 0 aliphatic heterocycles. The van der Waals surface area contributed by atoms with Crippen LogP contribution < -0.4 is 5.73 Å². The van der Waals surface area contributed by atoms with Crippen molar-refractivity contribution in [3.63, 3.8) is 0 Å². The zero-order valence-electron chi connectivity index (χ0n) is 7.64. The first-order chi connectivity index (χ1) is 5.22. The predicted molar refractivity (Wildman–Crippen MR) is 50.1 cm³/mol. The molecule has 0 aromatic heterocycles. The highest BCUT2D eigenvalue weighted by Gasteiger charge is 2.09. The number of terminal acetylenes is 1. The van der Waals surface area contributed by atoms with Crippen molar-refractivity contribution in [3.05, 3.63) is 0 Å². The SMILES string of the molecule is C#CCCC(N)C(C)CCC. The van der Waals surface area contributed by atoms with Crippen LogP contribution in [0.5, 0.6) is 0 Å². The minimum Gasteiger partial charge on any atom is -0.327 e. The second-order valence-corrected chi connectivity index (χ2v) is 3.17. The van der Waals surface area contributed by atoms with Gasteiger partial charge in [-0.1, -0.05) is 20.3 Å². The second-order valence-electron chi connectivity index (χ2n) is 3.17. The zero-order valence-corrected chi connectivity index (χ0v) is 7.64. The molecule has 64 valence electrons. The van der Waals surface area contributed by atoms with Gasteiger partial charge in [-0.25, -0.2) is 0 Å². The maximum Gasteiger partial charge on any atom is 0.0101 e. The van der Waals surface area contributed by atoms with Gasteiger partial charge in [-0.3, -0.25) is 0 Å². The molecule has 1 nitrogen and oxygen atoms in total. The van der Waals surface area contributed by atoms with E-state index in [4.69, 9.17) is 12.2 Å². The first-order valence-corrected chi connectivity index (χ1v) is 4.41. The molecule has 0 saturated carbocycles. The van der Waals surface area contributed by atoms with Crippen LogP contribution in [0, 0.1) is 18.3 Å². The molecule has 2 atom stereocenters. The van der Waals surface area contributed by atoms with Crippen LogP contribution in [0.25, 0.3) is 0 Å². The molecule has 0 aromatic rings. The first-order valence-electron chi connectivity index (χ1n) is 4.41. The normalized spacial score (nSPS) is 15.5. The quantitative estimate of drug-likeness (QED) is 0.602. The Balaban J connectivity index is 3.47. The highest BCUT2D eigenvalue weighted by Crippen LogP contribution is 2.12. The Hall–Kier alpha value is -0.480. The van der Waals surface area contributed by atoms with Gasteiger partial charge in [0, 0.05) is 12.5 Å². The summed E-state index contributed by atoms with van der Waals surface area (Å²) in [5.41, 5.74) is 5.89. The van der Waals surface area contributed by atoms with Gasteiger partial charge in [0.1, 0.15) is 0 Å². The second kappa shape index (κ2) is 6.24. The van der Waals surface area contributed by atoms with Crippen molar-refractivity contribution < 1.29 is 0 Å². The molecule has 0 fully saturated rings. The lowest BCUT2D eigenvalue weighted by atomic mass is 9.94. The van der Waals surface area contributed by atoms with Gasteiger partial charge < -0.3 is 5.73 Å². The standard InChI is InChI=1S/C10H19N/c1-4-6-8-10(11)9(3)7-5-2/h1,9-10H,5-8,11H2,2-3H3. The first kappa shape index (κ1) is 10.5. The number of nitrogens with two attached hydrogens (primary N) is 1. The molecule has 1 heteroatoms. The summed E-state index contributed by atoms with van der Waals surface area (Å²) >= 11 is 0. The Morgan fingerprint density at radius 1 is 1.45 bits per heavy atom. The summed E-state index contributed by atoms with van der Waals surface area (Å²) in [6, 6.07) is 0.297. The van der Waals surface area contributed by atoms with Crippen LogP contribution in [0.3, 0.4) is 0 Å². The van der Waals surface area contributed by atoms with Gasteiger partial charge in [0.2, 0.25) is 0 Å². The van der Waals surface area contributed by atoms with Crippen molar-refractivity contribution >= 4 is 0 Å². The van der Waals surface area contributed by atoms with E-state index < -0.39 is 0 Å². The topological polar surface area (TPSA) is 26.0 Å². The summed E-state index contributed by atoms with van der Waals surface area (Å²) in [5, 5.41) is 0. The lowest BCUT2D eigenvalue weighted by molar-refractivity contribution is 0.406. The highest BCUT2D eigenvalue weighted by atomic mass is 14.6. The number of hydrogen-bond donors (Lipinski definition) is 1. The molecule has 2 N–H and O–H groups in total. The van der Waals surface area contributed by atoms with Crippen molar-refractivity contribution in [2.75, 3.05) is 0 Å². The maximum atomic E-state index is 5.89. The molecule has 0 radical (unpaired) electrons. The molecule has 0 rings (SSSR count). The van der Waals surface area contributed by atoms with Gasteiger partial charge in [0.15, 0.2) is 0 Å². The zero-order chi connectivity index (χ0) is 8.69. The van der Waals surface area contributed by atoms with E-state index in [1.807, 2.05) is 0 Å². The van der Waals surface area contributed by atoms with Crippen LogP contribution in [0.15, 0.2) is 0 Å². The van der Waals surface area contributed by atoms with Gasteiger partial charge in [0.25, 0.3) is 0 Å². The smallest absolute Gasteiger partial charge is 0.0101 e. The van der Waals surface area contributed by atoms with E-state index in [0.717, 1.165) is 12.8 Å². The summed E-state index contributed by atoms with van der Waals surface area (Å²) in [6.45, 7) is 4.38. The predicted octanol–water partition coefficient (Wildman–Crippen LogP) is 2.16. The third-order valence-electron chi connectivity index (χ3n) is 2.10. The highest BCUT2D eigenvalue weighted by molar-refractivity contribution is 4.85. The Morgan fingerprint density at radius 2 is 2.09 bits per heavy atom. The third-order valence-corrected chi connectivity index (χ3v) is 2.10. The van der Waals surface area contributed by atoms with E-state index in [9.17, 15) is 0 Å². The van der Waals surface area contributed by atoms with Gasteiger partial charge >= 0.3 is 0 Å². The largest absolute Gasteiger partial charge is 0.327 e. The van der Waals surface area contributed by atoms with E-state index >= 15 is 0 Å². The van der Waals surface area contributed by atoms with E-state index in [-0.39, 0.29) is 0 Å². The van der Waals surface area contributed by atoms with Crippen molar-refractivity contribution in [1.82, 2.24) is 0 Å². The Labute approximate surface area is 70.4 Å². The Bertz CT molecular complexity index is 123. The van der Waals surface area contributed by atoms with Crippen LogP contribution in [-0.2, 0) is 0 Å². The van der Waals surface area contributed by atoms with Gasteiger partial charge in [-0.15, -0.1) is 12.3 Å². The van der Waals surface area contributed by atoms with Gasteiger partial charge in [0.05, 0.1) is 0 Å². The molecule has 0 aliphatic carbocycles. The molecule has 2 unspecified atom stereocenters. The fourth-order valence-electron chi connectivity index (χ4n) is 1.20. The molecule has 0 aliphatic rings. The molecule has 0 heterocycles. The van der Waals surface area contributed by atoms with Gasteiger partial charge in [-0.05, 0) is 18.8 Å². The summed E-state index contributed by atoms with van der Waals surface area (Å²) in [7, 11) is 0. The summed E-state index contributed by atoms with van der Waals surface area (Å²) in [5.74, 6) is 3.23.